The molecule has 1 aromatic rings. The van der Waals surface area contributed by atoms with Gasteiger partial charge in [0.1, 0.15) is 0 Å². The van der Waals surface area contributed by atoms with Crippen LogP contribution in [-0.2, 0) is 0 Å². The largest absolute Gasteiger partial charge is 0.380 e. The maximum Gasteiger partial charge on any atom is 0.252 e. The summed E-state index contributed by atoms with van der Waals surface area (Å²) in [5, 5.41) is 6.00. The maximum atomic E-state index is 11.8. The van der Waals surface area contributed by atoms with Gasteiger partial charge in [0.15, 0.2) is 0 Å². The van der Waals surface area contributed by atoms with Crippen LogP contribution in [-0.4, -0.2) is 24.0 Å². The van der Waals surface area contributed by atoms with E-state index in [2.05, 4.69) is 29.1 Å². The molecule has 98 valence electrons. The molecule has 18 heavy (non-hydrogen) atoms. The van der Waals surface area contributed by atoms with E-state index in [1.807, 2.05) is 0 Å². The van der Waals surface area contributed by atoms with E-state index in [-0.39, 0.29) is 5.91 Å². The molecule has 4 heteroatoms. The van der Waals surface area contributed by atoms with Crippen LogP contribution in [0.15, 0.2) is 31.1 Å². The smallest absolute Gasteiger partial charge is 0.252 e. The predicted molar refractivity (Wildman–Crippen MR) is 74.8 cm³/mol. The second kappa shape index (κ2) is 8.28. The molecule has 1 amide bonds. The summed E-state index contributed by atoms with van der Waals surface area (Å²) in [6.45, 7) is 7.14. The molecule has 2 N–H and O–H groups in total. The van der Waals surface area contributed by atoms with Crippen LogP contribution in [0.5, 0.6) is 0 Å². The summed E-state index contributed by atoms with van der Waals surface area (Å²) in [4.78, 5) is 15.9. The molecule has 0 unspecified atom stereocenters. The van der Waals surface area contributed by atoms with Gasteiger partial charge in [0.25, 0.3) is 5.91 Å². The van der Waals surface area contributed by atoms with Gasteiger partial charge in [-0.2, -0.15) is 0 Å². The third-order valence-electron chi connectivity index (χ3n) is 2.52. The Morgan fingerprint density at radius 2 is 2.28 bits per heavy atom. The number of rotatable bonds is 8. The van der Waals surface area contributed by atoms with Crippen molar-refractivity contribution in [3.63, 3.8) is 0 Å². The fourth-order valence-electron chi connectivity index (χ4n) is 1.53. The molecular weight excluding hydrogens is 226 g/mol. The van der Waals surface area contributed by atoms with Crippen molar-refractivity contribution in [1.82, 2.24) is 10.3 Å². The molecule has 1 rings (SSSR count). The summed E-state index contributed by atoms with van der Waals surface area (Å²) in [5.74, 6) is -0.0687. The van der Waals surface area contributed by atoms with Gasteiger partial charge < -0.3 is 10.6 Å². The fourth-order valence-corrected chi connectivity index (χ4v) is 1.53. The van der Waals surface area contributed by atoms with E-state index in [9.17, 15) is 4.79 Å². The molecule has 0 aliphatic heterocycles. The Labute approximate surface area is 109 Å². The van der Waals surface area contributed by atoms with Crippen molar-refractivity contribution in [1.29, 1.82) is 0 Å². The molecule has 0 radical (unpaired) electrons. The third-order valence-corrected chi connectivity index (χ3v) is 2.52. The Morgan fingerprint density at radius 1 is 1.44 bits per heavy atom. The summed E-state index contributed by atoms with van der Waals surface area (Å²) in [7, 11) is 0. The van der Waals surface area contributed by atoms with E-state index < -0.39 is 0 Å². The summed E-state index contributed by atoms with van der Waals surface area (Å²) < 4.78 is 0. The lowest BCUT2D eigenvalue weighted by Gasteiger charge is -2.07. The minimum absolute atomic E-state index is 0.0687. The first-order valence-corrected chi connectivity index (χ1v) is 6.36. The molecule has 1 heterocycles. The molecule has 0 spiro atoms. The van der Waals surface area contributed by atoms with E-state index in [0.717, 1.165) is 31.5 Å². The second-order valence-electron chi connectivity index (χ2n) is 4.09. The van der Waals surface area contributed by atoms with E-state index in [4.69, 9.17) is 0 Å². The van der Waals surface area contributed by atoms with Gasteiger partial charge in [0.05, 0.1) is 11.3 Å². The molecule has 4 nitrogen and oxygen atoms in total. The summed E-state index contributed by atoms with van der Waals surface area (Å²) in [5.41, 5.74) is 1.41. The molecule has 0 saturated carbocycles. The van der Waals surface area contributed by atoms with Crippen molar-refractivity contribution < 1.29 is 4.79 Å². The van der Waals surface area contributed by atoms with Crippen molar-refractivity contribution in [3.05, 3.63) is 36.7 Å². The maximum absolute atomic E-state index is 11.8. The van der Waals surface area contributed by atoms with Gasteiger partial charge >= 0.3 is 0 Å². The average molecular weight is 247 g/mol. The molecule has 1 aromatic heterocycles. The minimum Gasteiger partial charge on any atom is -0.380 e. The van der Waals surface area contributed by atoms with Crippen molar-refractivity contribution >= 4 is 11.6 Å². The van der Waals surface area contributed by atoms with Gasteiger partial charge in [-0.1, -0.05) is 25.8 Å². The van der Waals surface area contributed by atoms with Crippen LogP contribution in [0, 0.1) is 0 Å². The minimum atomic E-state index is -0.0687. The molecule has 0 aliphatic carbocycles. The van der Waals surface area contributed by atoms with E-state index >= 15 is 0 Å². The number of unbranched alkanes of at least 4 members (excludes halogenated alkanes) is 2. The number of nitrogens with zero attached hydrogens (tertiary/aromatic N) is 1. The number of pyridine rings is 1. The second-order valence-corrected chi connectivity index (χ2v) is 4.09. The number of amides is 1. The first-order chi connectivity index (χ1) is 8.77. The molecule has 0 fully saturated rings. The highest BCUT2D eigenvalue weighted by Gasteiger charge is 2.05. The molecule has 0 atom stereocenters. The van der Waals surface area contributed by atoms with E-state index in [0.29, 0.717) is 12.1 Å². The zero-order valence-electron chi connectivity index (χ0n) is 10.9. The SMILES string of the molecule is C=CCNc1cncc(C(=O)NCCCCC)c1. The lowest BCUT2D eigenvalue weighted by molar-refractivity contribution is 0.0952. The normalized spacial score (nSPS) is 9.83. The van der Waals surface area contributed by atoms with Crippen LogP contribution in [0.25, 0.3) is 0 Å². The number of hydrogen-bond acceptors (Lipinski definition) is 3. The quantitative estimate of drug-likeness (QED) is 0.548. The Hall–Kier alpha value is -1.84. The van der Waals surface area contributed by atoms with Gasteiger partial charge in [-0.15, -0.1) is 6.58 Å². The third kappa shape index (κ3) is 4.99. The predicted octanol–water partition coefficient (Wildman–Crippen LogP) is 2.60. The van der Waals surface area contributed by atoms with Crippen molar-refractivity contribution in [2.24, 2.45) is 0 Å². The standard InChI is InChI=1S/C14H21N3O/c1-3-5-6-8-17-14(18)12-9-13(11-15-10-12)16-7-4-2/h4,9-11,16H,2-3,5-8H2,1H3,(H,17,18). The summed E-state index contributed by atoms with van der Waals surface area (Å²) in [6.07, 6.45) is 8.34. The van der Waals surface area contributed by atoms with Crippen LogP contribution in [0.1, 0.15) is 36.5 Å². The number of carbonyl (C=O) groups excluding carboxylic acids is 1. The zero-order valence-corrected chi connectivity index (χ0v) is 10.9. The molecule has 0 aromatic carbocycles. The van der Waals surface area contributed by atoms with Crippen LogP contribution < -0.4 is 10.6 Å². The zero-order chi connectivity index (χ0) is 13.2. The Bertz CT molecular complexity index is 390. The number of anilines is 1. The average Bonchev–Trinajstić information content (AvgIpc) is 2.41. The van der Waals surface area contributed by atoms with Crippen LogP contribution >= 0.6 is 0 Å². The number of nitrogens with one attached hydrogen (secondary N) is 2. The first kappa shape index (κ1) is 14.2. The van der Waals surface area contributed by atoms with Crippen molar-refractivity contribution in [2.75, 3.05) is 18.4 Å². The van der Waals surface area contributed by atoms with E-state index in [1.54, 1.807) is 24.5 Å². The van der Waals surface area contributed by atoms with Crippen LogP contribution in [0.3, 0.4) is 0 Å². The first-order valence-electron chi connectivity index (χ1n) is 6.36. The Morgan fingerprint density at radius 3 is 3.00 bits per heavy atom. The molecular formula is C14H21N3O. The lowest BCUT2D eigenvalue weighted by Crippen LogP contribution is -2.24. The highest BCUT2D eigenvalue weighted by molar-refractivity contribution is 5.94. The monoisotopic (exact) mass is 247 g/mol. The summed E-state index contributed by atoms with van der Waals surface area (Å²) >= 11 is 0. The van der Waals surface area contributed by atoms with Gasteiger partial charge in [-0.3, -0.25) is 9.78 Å². The number of aromatic nitrogens is 1. The van der Waals surface area contributed by atoms with Crippen LogP contribution in [0.2, 0.25) is 0 Å². The van der Waals surface area contributed by atoms with Gasteiger partial charge in [0.2, 0.25) is 0 Å². The van der Waals surface area contributed by atoms with Crippen molar-refractivity contribution in [2.45, 2.75) is 26.2 Å². The molecule has 0 saturated heterocycles. The number of hydrogen-bond donors (Lipinski definition) is 2. The summed E-state index contributed by atoms with van der Waals surface area (Å²) in [6, 6.07) is 1.80. The fraction of sp³-hybridized carbons (Fsp3) is 0.429. The van der Waals surface area contributed by atoms with E-state index in [1.165, 1.54) is 0 Å². The van der Waals surface area contributed by atoms with Gasteiger partial charge in [-0.05, 0) is 12.5 Å². The highest BCUT2D eigenvalue weighted by Crippen LogP contribution is 2.08. The van der Waals surface area contributed by atoms with Crippen LogP contribution in [0.4, 0.5) is 5.69 Å². The topological polar surface area (TPSA) is 54.0 Å². The molecule has 0 aliphatic rings. The van der Waals surface area contributed by atoms with Gasteiger partial charge in [-0.25, -0.2) is 0 Å². The molecule has 0 bridgehead atoms. The Balaban J connectivity index is 2.48. The highest BCUT2D eigenvalue weighted by atomic mass is 16.1. The Kier molecular flexibility index (Phi) is 6.54. The van der Waals surface area contributed by atoms with Gasteiger partial charge in [0, 0.05) is 25.5 Å². The van der Waals surface area contributed by atoms with Crippen molar-refractivity contribution in [3.8, 4) is 0 Å². The lowest BCUT2D eigenvalue weighted by atomic mass is 10.2. The number of carbonyl (C=O) groups is 1.